The van der Waals surface area contributed by atoms with Gasteiger partial charge in [0.1, 0.15) is 16.9 Å². The molecule has 33 heavy (non-hydrogen) atoms. The number of nitrogens with zero attached hydrogens (tertiary/aromatic N) is 3. The Morgan fingerprint density at radius 3 is 2.88 bits per heavy atom. The van der Waals surface area contributed by atoms with Crippen LogP contribution in [0.3, 0.4) is 0 Å². The van der Waals surface area contributed by atoms with E-state index in [1.54, 1.807) is 11.3 Å². The number of hydrogen-bond acceptors (Lipinski definition) is 6. The lowest BCUT2D eigenvalue weighted by atomic mass is 9.69. The summed E-state index contributed by atoms with van der Waals surface area (Å²) in [5.41, 5.74) is 3.21. The van der Waals surface area contributed by atoms with E-state index in [0.717, 1.165) is 42.6 Å². The van der Waals surface area contributed by atoms with E-state index < -0.39 is 0 Å². The molecule has 172 valence electrons. The molecule has 2 heterocycles. The summed E-state index contributed by atoms with van der Waals surface area (Å²) in [6.07, 6.45) is 4.80. The van der Waals surface area contributed by atoms with Crippen molar-refractivity contribution in [3.8, 4) is 6.07 Å². The van der Waals surface area contributed by atoms with E-state index >= 15 is 0 Å². The van der Waals surface area contributed by atoms with Crippen LogP contribution in [0, 0.1) is 22.7 Å². The summed E-state index contributed by atoms with van der Waals surface area (Å²) in [5.74, 6) is 1.43. The molecular formula is C25H29N5OS2. The number of fused-ring (bicyclic) bond motifs is 1. The van der Waals surface area contributed by atoms with Crippen LogP contribution in [0.1, 0.15) is 61.0 Å². The second-order valence-electron chi connectivity index (χ2n) is 9.17. The maximum Gasteiger partial charge on any atom is 0.235 e. The molecule has 4 rings (SSSR count). The van der Waals surface area contributed by atoms with Gasteiger partial charge in [-0.1, -0.05) is 69.3 Å². The van der Waals surface area contributed by atoms with Crippen molar-refractivity contribution in [1.82, 2.24) is 15.2 Å². The first-order chi connectivity index (χ1) is 15.9. The Bertz CT molecular complexity index is 1160. The molecule has 1 atom stereocenters. The summed E-state index contributed by atoms with van der Waals surface area (Å²) >= 11 is 2.86. The van der Waals surface area contributed by atoms with Crippen molar-refractivity contribution in [1.29, 1.82) is 5.26 Å². The van der Waals surface area contributed by atoms with E-state index in [2.05, 4.69) is 47.3 Å². The van der Waals surface area contributed by atoms with E-state index in [-0.39, 0.29) is 17.1 Å². The van der Waals surface area contributed by atoms with Crippen molar-refractivity contribution in [3.05, 3.63) is 57.7 Å². The van der Waals surface area contributed by atoms with Gasteiger partial charge in [-0.2, -0.15) is 5.26 Å². The smallest absolute Gasteiger partial charge is 0.235 e. The van der Waals surface area contributed by atoms with Gasteiger partial charge in [0.25, 0.3) is 0 Å². The van der Waals surface area contributed by atoms with Crippen LogP contribution >= 0.6 is 23.1 Å². The fourth-order valence-corrected chi connectivity index (χ4v) is 6.16. The van der Waals surface area contributed by atoms with Crippen LogP contribution in [0.25, 0.3) is 0 Å². The molecule has 0 unspecified atom stereocenters. The Balaban J connectivity index is 1.36. The number of nitrogens with one attached hydrogen (secondary N) is 2. The predicted octanol–water partition coefficient (Wildman–Crippen LogP) is 5.60. The summed E-state index contributed by atoms with van der Waals surface area (Å²) in [6, 6.07) is 12.4. The molecule has 8 heteroatoms. The highest BCUT2D eigenvalue weighted by atomic mass is 32.2. The molecule has 1 aliphatic rings. The monoisotopic (exact) mass is 479 g/mol. The van der Waals surface area contributed by atoms with Gasteiger partial charge in [0.05, 0.1) is 11.3 Å². The zero-order valence-corrected chi connectivity index (χ0v) is 20.9. The molecule has 0 aliphatic heterocycles. The zero-order chi connectivity index (χ0) is 23.4. The second-order valence-corrected chi connectivity index (χ2v) is 11.2. The molecule has 1 aliphatic carbocycles. The number of anilines is 1. The molecule has 2 N–H and O–H groups in total. The van der Waals surface area contributed by atoms with E-state index in [0.29, 0.717) is 28.1 Å². The molecule has 1 amide bonds. The lowest BCUT2D eigenvalue weighted by molar-refractivity contribution is -0.113. The number of amides is 1. The molecule has 2 aromatic heterocycles. The molecule has 0 saturated carbocycles. The van der Waals surface area contributed by atoms with Gasteiger partial charge < -0.3 is 5.32 Å². The van der Waals surface area contributed by atoms with Crippen molar-refractivity contribution in [2.45, 2.75) is 58.0 Å². The van der Waals surface area contributed by atoms with Gasteiger partial charge >= 0.3 is 0 Å². The first-order valence-electron chi connectivity index (χ1n) is 11.3. The van der Waals surface area contributed by atoms with Gasteiger partial charge in [-0.15, -0.1) is 16.4 Å². The number of hydrogen-bond donors (Lipinski definition) is 2. The number of aromatic nitrogens is 3. The molecule has 0 saturated heterocycles. The molecular weight excluding hydrogens is 450 g/mol. The van der Waals surface area contributed by atoms with Crippen LogP contribution in [0.2, 0.25) is 0 Å². The first kappa shape index (κ1) is 23.5. The fourth-order valence-electron chi connectivity index (χ4n) is 4.25. The number of benzene rings is 1. The van der Waals surface area contributed by atoms with Gasteiger partial charge in [0, 0.05) is 11.3 Å². The number of carbonyl (C=O) groups excluding carboxylic acids is 1. The fraction of sp³-hybridized carbons (Fsp3) is 0.440. The quantitative estimate of drug-likeness (QED) is 0.410. The van der Waals surface area contributed by atoms with Gasteiger partial charge in [0.15, 0.2) is 0 Å². The second kappa shape index (κ2) is 10.1. The Morgan fingerprint density at radius 1 is 1.36 bits per heavy atom. The highest BCUT2D eigenvalue weighted by molar-refractivity contribution is 7.99. The largest absolute Gasteiger partial charge is 0.316 e. The lowest BCUT2D eigenvalue weighted by Gasteiger charge is -2.36. The molecule has 0 spiro atoms. The summed E-state index contributed by atoms with van der Waals surface area (Å²) in [5, 5.41) is 21.1. The maximum atomic E-state index is 12.6. The topological polar surface area (TPSA) is 94.5 Å². The van der Waals surface area contributed by atoms with Crippen LogP contribution in [-0.4, -0.2) is 26.8 Å². The van der Waals surface area contributed by atoms with Crippen LogP contribution in [-0.2, 0) is 24.1 Å². The number of carbonyl (C=O) groups is 1. The maximum absolute atomic E-state index is 12.6. The molecule has 0 radical (unpaired) electrons. The van der Waals surface area contributed by atoms with Crippen molar-refractivity contribution in [2.24, 2.45) is 11.3 Å². The van der Waals surface area contributed by atoms with E-state index in [4.69, 9.17) is 0 Å². The third-order valence-electron chi connectivity index (χ3n) is 6.70. The van der Waals surface area contributed by atoms with Gasteiger partial charge in [-0.25, -0.2) is 4.98 Å². The standard InChI is InChI=1S/C25H29N5OS2/c1-4-25(2,3)17-10-11-18-19(14-26)23(33-20(18)13-17)28-22(31)15-32-24-27-21(29-30-24)12-16-8-6-5-7-9-16/h5-9,17H,4,10-13,15H2,1-3H3,(H,28,31)(H,27,29,30)/t17-/m0/s1. The Hall–Kier alpha value is -2.63. The average Bonchev–Trinajstić information content (AvgIpc) is 3.41. The zero-order valence-electron chi connectivity index (χ0n) is 19.3. The highest BCUT2D eigenvalue weighted by Gasteiger charge is 2.34. The summed E-state index contributed by atoms with van der Waals surface area (Å²) < 4.78 is 0. The summed E-state index contributed by atoms with van der Waals surface area (Å²) in [6.45, 7) is 6.90. The highest BCUT2D eigenvalue weighted by Crippen LogP contribution is 2.45. The minimum absolute atomic E-state index is 0.144. The van der Waals surface area contributed by atoms with Crippen molar-refractivity contribution >= 4 is 34.0 Å². The minimum atomic E-state index is -0.144. The number of H-pyrrole nitrogens is 1. The van der Waals surface area contributed by atoms with E-state index in [1.807, 2.05) is 30.3 Å². The number of thiophene rings is 1. The average molecular weight is 480 g/mol. The SMILES string of the molecule is CCC(C)(C)[C@H]1CCc2c(sc(NC(=O)CSc3n[nH]c(Cc4ccccc4)n3)c2C#N)C1. The van der Waals surface area contributed by atoms with E-state index in [1.165, 1.54) is 16.6 Å². The van der Waals surface area contributed by atoms with Gasteiger partial charge in [-0.05, 0) is 41.7 Å². The van der Waals surface area contributed by atoms with Crippen molar-refractivity contribution in [2.75, 3.05) is 11.1 Å². The lowest BCUT2D eigenvalue weighted by Crippen LogP contribution is -2.28. The van der Waals surface area contributed by atoms with E-state index in [9.17, 15) is 10.1 Å². The Labute approximate surface area is 203 Å². The van der Waals surface area contributed by atoms with Crippen LogP contribution in [0.5, 0.6) is 0 Å². The molecule has 3 aromatic rings. The molecule has 6 nitrogen and oxygen atoms in total. The predicted molar refractivity (Wildman–Crippen MR) is 134 cm³/mol. The number of nitriles is 1. The Kier molecular flexibility index (Phi) is 7.20. The Morgan fingerprint density at radius 2 is 2.15 bits per heavy atom. The van der Waals surface area contributed by atoms with Crippen LogP contribution in [0.15, 0.2) is 35.5 Å². The minimum Gasteiger partial charge on any atom is -0.316 e. The number of thioether (sulfide) groups is 1. The molecule has 0 bridgehead atoms. The summed E-state index contributed by atoms with van der Waals surface area (Å²) in [7, 11) is 0. The molecule has 1 aromatic carbocycles. The first-order valence-corrected chi connectivity index (χ1v) is 13.1. The third-order valence-corrected chi connectivity index (χ3v) is 8.72. The third kappa shape index (κ3) is 5.48. The van der Waals surface area contributed by atoms with Crippen molar-refractivity contribution < 1.29 is 4.79 Å². The van der Waals surface area contributed by atoms with Crippen LogP contribution in [0.4, 0.5) is 5.00 Å². The number of rotatable bonds is 8. The van der Waals surface area contributed by atoms with Crippen LogP contribution < -0.4 is 5.32 Å². The summed E-state index contributed by atoms with van der Waals surface area (Å²) in [4.78, 5) is 18.4. The van der Waals surface area contributed by atoms with Crippen molar-refractivity contribution in [3.63, 3.8) is 0 Å². The number of aromatic amines is 1. The normalized spacial score (nSPS) is 15.6. The van der Waals surface area contributed by atoms with Gasteiger partial charge in [0.2, 0.25) is 11.1 Å². The molecule has 0 fully saturated rings. The van der Waals surface area contributed by atoms with Gasteiger partial charge in [-0.3, -0.25) is 9.89 Å².